The van der Waals surface area contributed by atoms with Crippen LogP contribution in [0.3, 0.4) is 0 Å². The number of nitrogens with one attached hydrogen (secondary N) is 1. The molecule has 1 aromatic heterocycles. The summed E-state index contributed by atoms with van der Waals surface area (Å²) in [6, 6.07) is 3.62. The third kappa shape index (κ3) is 2.88. The van der Waals surface area contributed by atoms with Crippen LogP contribution in [0.2, 0.25) is 0 Å². The van der Waals surface area contributed by atoms with Crippen LogP contribution in [0.15, 0.2) is 12.1 Å². The van der Waals surface area contributed by atoms with Gasteiger partial charge >= 0.3 is 5.97 Å². The van der Waals surface area contributed by atoms with Gasteiger partial charge in [-0.25, -0.2) is 9.78 Å². The number of carbonyl (C=O) groups is 1. The third-order valence-corrected chi connectivity index (χ3v) is 4.30. The van der Waals surface area contributed by atoms with Gasteiger partial charge in [-0.1, -0.05) is 13.3 Å². The lowest BCUT2D eigenvalue weighted by Gasteiger charge is -2.41. The van der Waals surface area contributed by atoms with E-state index in [0.717, 1.165) is 12.4 Å². The fourth-order valence-corrected chi connectivity index (χ4v) is 2.60. The van der Waals surface area contributed by atoms with E-state index in [1.54, 1.807) is 6.07 Å². The molecule has 0 aromatic carbocycles. The van der Waals surface area contributed by atoms with Crippen molar-refractivity contribution in [2.24, 2.45) is 5.41 Å². The lowest BCUT2D eigenvalue weighted by Crippen LogP contribution is -2.36. The maximum absolute atomic E-state index is 11.5. The number of nitrogens with zero attached hydrogens (tertiary/aromatic N) is 1. The van der Waals surface area contributed by atoms with Gasteiger partial charge in [-0.05, 0) is 43.7 Å². The highest BCUT2D eigenvalue weighted by Gasteiger charge is 2.34. The monoisotopic (exact) mass is 262 g/mol. The zero-order valence-electron chi connectivity index (χ0n) is 12.0. The molecule has 2 rings (SSSR count). The summed E-state index contributed by atoms with van der Waals surface area (Å²) in [7, 11) is 1.38. The molecule has 0 saturated heterocycles. The molecule has 1 aliphatic rings. The molecule has 0 atom stereocenters. The van der Waals surface area contributed by atoms with Crippen molar-refractivity contribution in [3.63, 3.8) is 0 Å². The van der Waals surface area contributed by atoms with Crippen LogP contribution in [0.5, 0.6) is 0 Å². The molecule has 1 fully saturated rings. The van der Waals surface area contributed by atoms with E-state index < -0.39 is 0 Å². The first-order chi connectivity index (χ1) is 9.10. The molecule has 0 aliphatic heterocycles. The number of ether oxygens (including phenoxy) is 1. The summed E-state index contributed by atoms with van der Waals surface area (Å²) in [6.45, 7) is 5.05. The van der Waals surface area contributed by atoms with Crippen LogP contribution in [0.25, 0.3) is 0 Å². The van der Waals surface area contributed by atoms with Crippen LogP contribution in [0, 0.1) is 12.3 Å². The normalized spacial score (nSPS) is 16.6. The Bertz CT molecular complexity index is 462. The number of methoxy groups -OCH3 is 1. The summed E-state index contributed by atoms with van der Waals surface area (Å²) < 4.78 is 4.72. The summed E-state index contributed by atoms with van der Waals surface area (Å²) in [4.78, 5) is 15.9. The van der Waals surface area contributed by atoms with Crippen molar-refractivity contribution in [2.45, 2.75) is 39.5 Å². The van der Waals surface area contributed by atoms with Crippen molar-refractivity contribution >= 4 is 11.8 Å². The first-order valence-electron chi connectivity index (χ1n) is 6.90. The molecule has 0 radical (unpaired) electrons. The minimum absolute atomic E-state index is 0.333. The number of aromatic nitrogens is 1. The van der Waals surface area contributed by atoms with E-state index in [1.807, 2.05) is 13.0 Å². The van der Waals surface area contributed by atoms with Gasteiger partial charge in [0.1, 0.15) is 5.82 Å². The Kier molecular flexibility index (Phi) is 4.08. The second kappa shape index (κ2) is 5.59. The Hall–Kier alpha value is -1.58. The van der Waals surface area contributed by atoms with E-state index in [4.69, 9.17) is 4.74 Å². The van der Waals surface area contributed by atoms with E-state index in [1.165, 1.54) is 32.8 Å². The molecule has 104 valence electrons. The Balaban J connectivity index is 2.02. The average molecular weight is 262 g/mol. The first-order valence-corrected chi connectivity index (χ1v) is 6.90. The highest BCUT2D eigenvalue weighted by atomic mass is 16.5. The zero-order valence-corrected chi connectivity index (χ0v) is 12.0. The largest absolute Gasteiger partial charge is 0.465 e. The predicted octanol–water partition coefficient (Wildman–Crippen LogP) is 3.17. The second-order valence-corrected chi connectivity index (χ2v) is 5.38. The van der Waals surface area contributed by atoms with Crippen molar-refractivity contribution in [1.29, 1.82) is 0 Å². The molecule has 0 unspecified atom stereocenters. The van der Waals surface area contributed by atoms with Gasteiger partial charge in [0.25, 0.3) is 0 Å². The molecule has 4 nitrogen and oxygen atoms in total. The number of rotatable bonds is 5. The summed E-state index contributed by atoms with van der Waals surface area (Å²) >= 11 is 0. The SMILES string of the molecule is CCC1(CNc2ccc(C(=O)OC)c(C)n2)CCC1. The number of hydrogen-bond acceptors (Lipinski definition) is 4. The number of aryl methyl sites for hydroxylation is 1. The van der Waals surface area contributed by atoms with Gasteiger partial charge in [0.15, 0.2) is 0 Å². The Morgan fingerprint density at radius 3 is 2.68 bits per heavy atom. The zero-order chi connectivity index (χ0) is 13.9. The molecule has 1 aliphatic carbocycles. The molecule has 0 amide bonds. The van der Waals surface area contributed by atoms with Crippen molar-refractivity contribution in [1.82, 2.24) is 4.98 Å². The lowest BCUT2D eigenvalue weighted by molar-refractivity contribution is 0.0599. The van der Waals surface area contributed by atoms with Crippen LogP contribution in [-0.2, 0) is 4.74 Å². The number of esters is 1. The van der Waals surface area contributed by atoms with Gasteiger partial charge in [-0.2, -0.15) is 0 Å². The number of hydrogen-bond donors (Lipinski definition) is 1. The molecule has 0 spiro atoms. The summed E-state index contributed by atoms with van der Waals surface area (Å²) in [5, 5.41) is 3.40. The number of anilines is 1. The van der Waals surface area contributed by atoms with Crippen LogP contribution >= 0.6 is 0 Å². The summed E-state index contributed by atoms with van der Waals surface area (Å²) in [5.41, 5.74) is 1.69. The van der Waals surface area contributed by atoms with Crippen LogP contribution in [0.4, 0.5) is 5.82 Å². The lowest BCUT2D eigenvalue weighted by atomic mass is 9.67. The first kappa shape index (κ1) is 13.8. The number of carbonyl (C=O) groups excluding carboxylic acids is 1. The molecule has 1 N–H and O–H groups in total. The number of pyridine rings is 1. The Morgan fingerprint density at radius 2 is 2.21 bits per heavy atom. The van der Waals surface area contributed by atoms with Crippen molar-refractivity contribution in [3.8, 4) is 0 Å². The maximum atomic E-state index is 11.5. The second-order valence-electron chi connectivity index (χ2n) is 5.38. The summed E-state index contributed by atoms with van der Waals surface area (Å²) in [5.74, 6) is 0.505. The topological polar surface area (TPSA) is 51.2 Å². The van der Waals surface area contributed by atoms with Crippen molar-refractivity contribution in [3.05, 3.63) is 23.4 Å². The van der Waals surface area contributed by atoms with Gasteiger partial charge in [0, 0.05) is 6.54 Å². The van der Waals surface area contributed by atoms with Gasteiger partial charge < -0.3 is 10.1 Å². The smallest absolute Gasteiger partial charge is 0.339 e. The summed E-state index contributed by atoms with van der Waals surface area (Å²) in [6.07, 6.45) is 5.15. The standard InChI is InChI=1S/C15H22N2O2/c1-4-15(8-5-9-15)10-16-13-7-6-12(11(2)17-13)14(18)19-3/h6-7H,4-5,8-10H2,1-3H3,(H,16,17). The van der Waals surface area contributed by atoms with Crippen molar-refractivity contribution < 1.29 is 9.53 Å². The highest BCUT2D eigenvalue weighted by molar-refractivity contribution is 5.90. The molecule has 0 bridgehead atoms. The van der Waals surface area contributed by atoms with Crippen LogP contribution in [-0.4, -0.2) is 24.6 Å². The molecule has 1 heterocycles. The van der Waals surface area contributed by atoms with E-state index in [-0.39, 0.29) is 5.97 Å². The quantitative estimate of drug-likeness (QED) is 0.828. The molecule has 4 heteroatoms. The Labute approximate surface area is 114 Å². The minimum Gasteiger partial charge on any atom is -0.465 e. The molecule has 1 saturated carbocycles. The fourth-order valence-electron chi connectivity index (χ4n) is 2.60. The molecular formula is C15H22N2O2. The van der Waals surface area contributed by atoms with Gasteiger partial charge in [0.05, 0.1) is 18.4 Å². The van der Waals surface area contributed by atoms with E-state index in [2.05, 4.69) is 17.2 Å². The fraction of sp³-hybridized carbons (Fsp3) is 0.600. The van der Waals surface area contributed by atoms with Crippen LogP contribution < -0.4 is 5.32 Å². The molecular weight excluding hydrogens is 240 g/mol. The van der Waals surface area contributed by atoms with Gasteiger partial charge in [0.2, 0.25) is 0 Å². The third-order valence-electron chi connectivity index (χ3n) is 4.30. The Morgan fingerprint density at radius 1 is 1.47 bits per heavy atom. The molecule has 1 aromatic rings. The highest BCUT2D eigenvalue weighted by Crippen LogP contribution is 2.43. The van der Waals surface area contributed by atoms with Crippen molar-refractivity contribution in [2.75, 3.05) is 19.0 Å². The average Bonchev–Trinajstić information content (AvgIpc) is 2.37. The van der Waals surface area contributed by atoms with E-state index in [0.29, 0.717) is 16.7 Å². The van der Waals surface area contributed by atoms with Gasteiger partial charge in [-0.15, -0.1) is 0 Å². The molecule has 19 heavy (non-hydrogen) atoms. The van der Waals surface area contributed by atoms with Crippen LogP contribution in [0.1, 0.15) is 48.7 Å². The maximum Gasteiger partial charge on any atom is 0.339 e. The van der Waals surface area contributed by atoms with E-state index in [9.17, 15) is 4.79 Å². The van der Waals surface area contributed by atoms with E-state index >= 15 is 0 Å². The predicted molar refractivity (Wildman–Crippen MR) is 75.4 cm³/mol. The minimum atomic E-state index is -0.333. The van der Waals surface area contributed by atoms with Gasteiger partial charge in [-0.3, -0.25) is 0 Å².